The van der Waals surface area contributed by atoms with Crippen molar-refractivity contribution in [1.29, 1.82) is 0 Å². The zero-order valence-corrected chi connectivity index (χ0v) is 12.2. The highest BCUT2D eigenvalue weighted by atomic mass is 32.2. The third kappa shape index (κ3) is 2.96. The van der Waals surface area contributed by atoms with Crippen LogP contribution in [0.5, 0.6) is 0 Å². The molecule has 1 heterocycles. The van der Waals surface area contributed by atoms with Gasteiger partial charge in [-0.25, -0.2) is 4.79 Å². The van der Waals surface area contributed by atoms with E-state index in [1.165, 1.54) is 6.07 Å². The number of benzene rings is 1. The molecule has 0 fully saturated rings. The standard InChI is InChI=1S/C14H18N2O3S/c1-20-7-5-11(15)13(17)16-6-4-9-8-10(14(18)19)2-3-12(9)16/h2-3,8,11H,4-7,15H2,1H3,(H,18,19)/t11-/m1/s1. The number of carbonyl (C=O) groups excluding carboxylic acids is 1. The maximum atomic E-state index is 12.3. The maximum absolute atomic E-state index is 12.3. The van der Waals surface area contributed by atoms with Crippen LogP contribution < -0.4 is 10.6 Å². The van der Waals surface area contributed by atoms with Gasteiger partial charge in [-0.1, -0.05) is 0 Å². The summed E-state index contributed by atoms with van der Waals surface area (Å²) in [5.74, 6) is -0.180. The summed E-state index contributed by atoms with van der Waals surface area (Å²) in [6.07, 6.45) is 3.31. The molecule has 0 aliphatic carbocycles. The van der Waals surface area contributed by atoms with Crippen molar-refractivity contribution in [2.75, 3.05) is 23.5 Å². The molecule has 3 N–H and O–H groups in total. The van der Waals surface area contributed by atoms with Gasteiger partial charge < -0.3 is 15.7 Å². The van der Waals surface area contributed by atoms with Crippen LogP contribution in [0, 0.1) is 0 Å². The minimum atomic E-state index is -0.950. The topological polar surface area (TPSA) is 83.6 Å². The Hall–Kier alpha value is -1.53. The van der Waals surface area contributed by atoms with E-state index >= 15 is 0 Å². The van der Waals surface area contributed by atoms with E-state index in [0.717, 1.165) is 17.0 Å². The summed E-state index contributed by atoms with van der Waals surface area (Å²) in [5, 5.41) is 8.97. The van der Waals surface area contributed by atoms with E-state index in [1.54, 1.807) is 28.8 Å². The van der Waals surface area contributed by atoms with Crippen molar-refractivity contribution in [3.05, 3.63) is 29.3 Å². The maximum Gasteiger partial charge on any atom is 0.335 e. The number of nitrogens with two attached hydrogens (primary N) is 1. The van der Waals surface area contributed by atoms with Gasteiger partial charge in [0.05, 0.1) is 11.6 Å². The highest BCUT2D eigenvalue weighted by Gasteiger charge is 2.28. The summed E-state index contributed by atoms with van der Waals surface area (Å²) >= 11 is 1.66. The van der Waals surface area contributed by atoms with Crippen molar-refractivity contribution in [3.63, 3.8) is 0 Å². The average Bonchev–Trinajstić information content (AvgIpc) is 2.86. The molecule has 1 atom stereocenters. The average molecular weight is 294 g/mol. The zero-order chi connectivity index (χ0) is 14.7. The third-order valence-corrected chi connectivity index (χ3v) is 4.08. The number of anilines is 1. The summed E-state index contributed by atoms with van der Waals surface area (Å²) in [7, 11) is 0. The van der Waals surface area contributed by atoms with Crippen LogP contribution >= 0.6 is 11.8 Å². The van der Waals surface area contributed by atoms with Gasteiger partial charge in [-0.05, 0) is 48.6 Å². The Labute approximate surface area is 122 Å². The smallest absolute Gasteiger partial charge is 0.335 e. The molecule has 0 radical (unpaired) electrons. The first kappa shape index (κ1) is 14.9. The third-order valence-electron chi connectivity index (χ3n) is 3.44. The normalized spacial score (nSPS) is 15.0. The number of fused-ring (bicyclic) bond motifs is 1. The van der Waals surface area contributed by atoms with E-state index in [0.29, 0.717) is 19.4 Å². The molecule has 0 unspecified atom stereocenters. The molecule has 1 aliphatic rings. The predicted octanol–water partition coefficient (Wildman–Crippen LogP) is 1.35. The van der Waals surface area contributed by atoms with Gasteiger partial charge >= 0.3 is 5.97 Å². The van der Waals surface area contributed by atoms with Gasteiger partial charge in [0.2, 0.25) is 5.91 Å². The number of carboxylic acid groups (broad SMARTS) is 1. The van der Waals surface area contributed by atoms with Crippen molar-refractivity contribution in [2.24, 2.45) is 5.73 Å². The van der Waals surface area contributed by atoms with E-state index in [2.05, 4.69) is 0 Å². The minimum Gasteiger partial charge on any atom is -0.478 e. The van der Waals surface area contributed by atoms with E-state index < -0.39 is 12.0 Å². The Kier molecular flexibility index (Phi) is 4.67. The molecular formula is C14H18N2O3S. The first-order valence-corrected chi connectivity index (χ1v) is 7.86. The number of carboxylic acids is 1. The van der Waals surface area contributed by atoms with Crippen LogP contribution in [0.25, 0.3) is 0 Å². The number of thioether (sulfide) groups is 1. The van der Waals surface area contributed by atoms with Crippen LogP contribution in [0.3, 0.4) is 0 Å². The summed E-state index contributed by atoms with van der Waals surface area (Å²) in [4.78, 5) is 24.9. The molecule has 1 aromatic carbocycles. The van der Waals surface area contributed by atoms with Crippen molar-refractivity contribution < 1.29 is 14.7 Å². The number of amides is 1. The van der Waals surface area contributed by atoms with Crippen LogP contribution in [-0.4, -0.2) is 41.6 Å². The number of rotatable bonds is 5. The van der Waals surface area contributed by atoms with Crippen LogP contribution in [0.4, 0.5) is 5.69 Å². The predicted molar refractivity (Wildman–Crippen MR) is 80.4 cm³/mol. The fourth-order valence-electron chi connectivity index (χ4n) is 2.33. The molecule has 0 bridgehead atoms. The van der Waals surface area contributed by atoms with Crippen LogP contribution in [-0.2, 0) is 11.2 Å². The molecule has 6 heteroatoms. The van der Waals surface area contributed by atoms with Crippen molar-refractivity contribution in [3.8, 4) is 0 Å². The molecule has 108 valence electrons. The summed E-state index contributed by atoms with van der Waals surface area (Å²) in [5.41, 5.74) is 7.86. The number of aromatic carboxylic acids is 1. The highest BCUT2D eigenvalue weighted by molar-refractivity contribution is 7.98. The van der Waals surface area contributed by atoms with E-state index in [1.807, 2.05) is 6.26 Å². The van der Waals surface area contributed by atoms with E-state index in [4.69, 9.17) is 10.8 Å². The Bertz CT molecular complexity index is 533. The molecule has 0 spiro atoms. The summed E-state index contributed by atoms with van der Waals surface area (Å²) in [6, 6.07) is 4.37. The van der Waals surface area contributed by atoms with Crippen molar-refractivity contribution >= 4 is 29.3 Å². The van der Waals surface area contributed by atoms with Crippen LogP contribution in [0.1, 0.15) is 22.3 Å². The van der Waals surface area contributed by atoms with Crippen LogP contribution in [0.2, 0.25) is 0 Å². The number of nitrogens with zero attached hydrogens (tertiary/aromatic N) is 1. The van der Waals surface area contributed by atoms with Crippen molar-refractivity contribution in [2.45, 2.75) is 18.9 Å². The first-order chi connectivity index (χ1) is 9.54. The summed E-state index contributed by atoms with van der Waals surface area (Å²) < 4.78 is 0. The molecule has 20 heavy (non-hydrogen) atoms. The second-order valence-electron chi connectivity index (χ2n) is 4.78. The fourth-order valence-corrected chi connectivity index (χ4v) is 2.82. The zero-order valence-electron chi connectivity index (χ0n) is 11.3. The Morgan fingerprint density at radius 3 is 2.90 bits per heavy atom. The molecule has 1 amide bonds. The summed E-state index contributed by atoms with van der Waals surface area (Å²) in [6.45, 7) is 0.574. The molecule has 5 nitrogen and oxygen atoms in total. The number of carbonyl (C=O) groups is 2. The molecule has 1 aromatic rings. The first-order valence-electron chi connectivity index (χ1n) is 6.46. The molecule has 0 saturated heterocycles. The van der Waals surface area contributed by atoms with Crippen molar-refractivity contribution in [1.82, 2.24) is 0 Å². The second-order valence-corrected chi connectivity index (χ2v) is 5.76. The quantitative estimate of drug-likeness (QED) is 0.856. The monoisotopic (exact) mass is 294 g/mol. The van der Waals surface area contributed by atoms with Gasteiger partial charge in [0, 0.05) is 12.2 Å². The second kappa shape index (κ2) is 6.28. The Morgan fingerprint density at radius 2 is 2.25 bits per heavy atom. The molecular weight excluding hydrogens is 276 g/mol. The fraction of sp³-hybridized carbons (Fsp3) is 0.429. The lowest BCUT2D eigenvalue weighted by atomic mass is 10.1. The van der Waals surface area contributed by atoms with Gasteiger partial charge in [0.15, 0.2) is 0 Å². The van der Waals surface area contributed by atoms with Gasteiger partial charge in [-0.15, -0.1) is 0 Å². The van der Waals surface area contributed by atoms with Crippen LogP contribution in [0.15, 0.2) is 18.2 Å². The van der Waals surface area contributed by atoms with E-state index in [9.17, 15) is 9.59 Å². The molecule has 0 saturated carbocycles. The molecule has 2 rings (SSSR count). The number of hydrogen-bond acceptors (Lipinski definition) is 4. The van der Waals surface area contributed by atoms with Gasteiger partial charge in [0.25, 0.3) is 0 Å². The Balaban J connectivity index is 2.15. The lowest BCUT2D eigenvalue weighted by molar-refractivity contribution is -0.119. The molecule has 1 aliphatic heterocycles. The largest absolute Gasteiger partial charge is 0.478 e. The molecule has 0 aromatic heterocycles. The lowest BCUT2D eigenvalue weighted by Gasteiger charge is -2.21. The van der Waals surface area contributed by atoms with E-state index in [-0.39, 0.29) is 11.5 Å². The number of hydrogen-bond donors (Lipinski definition) is 2. The van der Waals surface area contributed by atoms with Gasteiger partial charge in [-0.3, -0.25) is 4.79 Å². The van der Waals surface area contributed by atoms with Gasteiger partial charge in [-0.2, -0.15) is 11.8 Å². The highest BCUT2D eigenvalue weighted by Crippen LogP contribution is 2.29. The Morgan fingerprint density at radius 1 is 1.50 bits per heavy atom. The SMILES string of the molecule is CSCC[C@@H](N)C(=O)N1CCc2cc(C(=O)O)ccc21. The minimum absolute atomic E-state index is 0.0825. The lowest BCUT2D eigenvalue weighted by Crippen LogP contribution is -2.43. The van der Waals surface area contributed by atoms with Gasteiger partial charge in [0.1, 0.15) is 0 Å².